The van der Waals surface area contributed by atoms with Crippen molar-refractivity contribution in [3.8, 4) is 22.8 Å². The summed E-state index contributed by atoms with van der Waals surface area (Å²) in [6, 6.07) is 15.9. The van der Waals surface area contributed by atoms with Crippen LogP contribution in [0.2, 0.25) is 0 Å². The molecule has 2 unspecified atom stereocenters. The van der Waals surface area contributed by atoms with E-state index in [0.29, 0.717) is 28.6 Å². The lowest BCUT2D eigenvalue weighted by Gasteiger charge is -2.19. The Balaban J connectivity index is 1.06. The number of pyridine rings is 1. The summed E-state index contributed by atoms with van der Waals surface area (Å²) in [6.45, 7) is -3.69. The number of carboxylic acid groups (broad SMARTS) is 3. The van der Waals surface area contributed by atoms with Crippen LogP contribution >= 0.6 is 23.5 Å². The van der Waals surface area contributed by atoms with E-state index in [1.807, 2.05) is 35.3 Å². The lowest BCUT2D eigenvalue weighted by atomic mass is 10.1. The van der Waals surface area contributed by atoms with Crippen LogP contribution in [0.4, 0.5) is 0 Å². The molecular formula is C39H45N10O22P3. The number of rotatable bonds is 27. The number of carboxylic acids is 3. The number of phosphoric acid groups is 3. The van der Waals surface area contributed by atoms with E-state index >= 15 is 0 Å². The first-order chi connectivity index (χ1) is 34.8. The highest BCUT2D eigenvalue weighted by molar-refractivity contribution is 7.66. The Kier molecular flexibility index (Phi) is 18.8. The fourth-order valence-corrected chi connectivity index (χ4v) is 9.99. The van der Waals surface area contributed by atoms with Crippen molar-refractivity contribution in [1.82, 2.24) is 49.4 Å². The summed E-state index contributed by atoms with van der Waals surface area (Å²) in [5.74, 6) is -4.00. The second-order valence-corrected chi connectivity index (χ2v) is 20.1. The van der Waals surface area contributed by atoms with Crippen LogP contribution in [-0.2, 0) is 68.7 Å². The largest absolute Gasteiger partial charge is 0.490 e. The van der Waals surface area contributed by atoms with Crippen molar-refractivity contribution >= 4 is 53.4 Å². The third-order valence-electron chi connectivity index (χ3n) is 9.88. The summed E-state index contributed by atoms with van der Waals surface area (Å²) >= 11 is 0. The van der Waals surface area contributed by atoms with Gasteiger partial charge in [-0.25, -0.2) is 37.6 Å². The number of carbonyl (C=O) groups excluding carboxylic acids is 1. The van der Waals surface area contributed by atoms with E-state index in [1.54, 1.807) is 36.7 Å². The maximum atomic E-state index is 12.9. The standard InChI is InChI=1S/C39H45N10O22P3/c50-29-15-33(68-30(29)23-67-73(63,64)71-74(65,66)70-72(60,61)62)47-16-25(38(58)42-39(47)59)7-4-10-40-69-37(57)22-46(21-36(55)56)18-28-9-12-49(44-28)32-14-26(24-5-2-1-3-6-24)13-31(41-32)48-11-8-27(43-48)17-45(19-34(51)52)20-35(53)54/h1-9,11-14,16,29-30,33,40,50H,10,15,17-23H2,(H,51,52)(H,53,54)(H,55,56)(H,63,64)(H,65,66)(H,42,58,59)(H2,60,61,62)/b7-4+/t29-,30+,33+/m0/s1. The van der Waals surface area contributed by atoms with E-state index in [2.05, 4.69) is 28.8 Å². The molecule has 398 valence electrons. The molecule has 5 heterocycles. The number of nitrogens with zero attached hydrogens (tertiary/aromatic N) is 8. The molecule has 0 spiro atoms. The van der Waals surface area contributed by atoms with Gasteiger partial charge in [0.25, 0.3) is 5.56 Å². The van der Waals surface area contributed by atoms with E-state index < -0.39 is 110 Å². The Morgan fingerprint density at radius 3 is 1.92 bits per heavy atom. The Labute approximate surface area is 414 Å². The van der Waals surface area contributed by atoms with Gasteiger partial charge < -0.3 is 49.6 Å². The van der Waals surface area contributed by atoms with Gasteiger partial charge >= 0.3 is 53.0 Å². The molecule has 5 atom stereocenters. The molecule has 0 bridgehead atoms. The van der Waals surface area contributed by atoms with Gasteiger partial charge in [0.15, 0.2) is 11.6 Å². The average Bonchev–Trinajstić information content (AvgIpc) is 4.05. The highest BCUT2D eigenvalue weighted by Crippen LogP contribution is 2.66. The molecule has 4 aromatic heterocycles. The molecule has 0 amide bonds. The predicted octanol–water partition coefficient (Wildman–Crippen LogP) is -0.419. The number of benzene rings is 1. The minimum absolute atomic E-state index is 0.0831. The molecule has 0 saturated carbocycles. The first-order valence-electron chi connectivity index (χ1n) is 21.1. The van der Waals surface area contributed by atoms with Gasteiger partial charge in [0.05, 0.1) is 62.4 Å². The Morgan fingerprint density at radius 2 is 1.36 bits per heavy atom. The number of nitrogens with one attached hydrogen (secondary N) is 2. The van der Waals surface area contributed by atoms with Gasteiger partial charge in [-0.15, -0.1) is 5.48 Å². The van der Waals surface area contributed by atoms with E-state index in [9.17, 15) is 72.7 Å². The molecule has 5 aromatic rings. The highest BCUT2D eigenvalue weighted by atomic mass is 31.3. The number of aliphatic hydroxyl groups excluding tert-OH is 1. The second-order valence-electron chi connectivity index (χ2n) is 15.7. The van der Waals surface area contributed by atoms with Gasteiger partial charge in [0.1, 0.15) is 12.3 Å². The van der Waals surface area contributed by atoms with E-state index in [1.165, 1.54) is 31.3 Å². The molecule has 6 rings (SSSR count). The van der Waals surface area contributed by atoms with Crippen LogP contribution in [0.3, 0.4) is 0 Å². The van der Waals surface area contributed by atoms with E-state index in [4.69, 9.17) is 24.3 Å². The molecular weight excluding hydrogens is 1050 g/mol. The van der Waals surface area contributed by atoms with Crippen molar-refractivity contribution in [2.24, 2.45) is 0 Å². The topological polar surface area (TPSA) is 449 Å². The van der Waals surface area contributed by atoms with Crippen LogP contribution in [0.25, 0.3) is 28.8 Å². The zero-order chi connectivity index (χ0) is 54.0. The molecule has 0 radical (unpaired) electrons. The Hall–Kier alpha value is -6.70. The molecule has 1 aliphatic rings. The number of H-pyrrole nitrogens is 1. The van der Waals surface area contributed by atoms with Crippen molar-refractivity contribution in [3.63, 3.8) is 0 Å². The molecule has 74 heavy (non-hydrogen) atoms. The number of aliphatic hydroxyl groups is 1. The molecule has 1 aromatic carbocycles. The number of aromatic amines is 1. The molecule has 1 saturated heterocycles. The van der Waals surface area contributed by atoms with Crippen LogP contribution in [0.15, 0.2) is 88.9 Å². The lowest BCUT2D eigenvalue weighted by molar-refractivity contribution is -0.153. The smallest absolute Gasteiger partial charge is 0.480 e. The van der Waals surface area contributed by atoms with Gasteiger partial charge in [0, 0.05) is 38.1 Å². The van der Waals surface area contributed by atoms with Crippen molar-refractivity contribution in [3.05, 3.63) is 117 Å². The minimum atomic E-state index is -5.82. The SMILES string of the molecule is O=C(O)CN(CC(=O)O)Cc1ccn(-c2cc(-c3ccccc3)cc(-n3ccc(CN(CC(=O)O)CC(=O)ONC/C=C/c4cn([C@H]5C[C@H](O)[C@@H](COP(=O)(O)OP(=O)(O)OP(=O)(O)O)O5)c(=O)[nH]c4=O)n3)n2)n1. The number of hydrogen-bond acceptors (Lipinski definition) is 21. The maximum Gasteiger partial charge on any atom is 0.490 e. The summed E-state index contributed by atoms with van der Waals surface area (Å²) in [7, 11) is -17.0. The summed E-state index contributed by atoms with van der Waals surface area (Å²) in [4.78, 5) is 123. The third kappa shape index (κ3) is 17.2. The molecule has 1 fully saturated rings. The van der Waals surface area contributed by atoms with Crippen LogP contribution in [0, 0.1) is 0 Å². The summed E-state index contributed by atoms with van der Waals surface area (Å²) in [5.41, 5.74) is 2.51. The Bertz CT molecular complexity index is 3120. The number of hydrogen-bond donors (Lipinski definition) is 10. The summed E-state index contributed by atoms with van der Waals surface area (Å²) in [5, 5.41) is 47.7. The molecule has 35 heteroatoms. The second kappa shape index (κ2) is 24.6. The zero-order valence-corrected chi connectivity index (χ0v) is 40.6. The van der Waals surface area contributed by atoms with Crippen molar-refractivity contribution in [2.75, 3.05) is 39.3 Å². The average molecular weight is 1100 g/mol. The van der Waals surface area contributed by atoms with Crippen molar-refractivity contribution < 1.29 is 95.6 Å². The monoisotopic (exact) mass is 1100 g/mol. The lowest BCUT2D eigenvalue weighted by Crippen LogP contribution is -2.36. The Morgan fingerprint density at radius 1 is 0.797 bits per heavy atom. The fourth-order valence-electron chi connectivity index (χ4n) is 6.96. The maximum absolute atomic E-state index is 12.9. The van der Waals surface area contributed by atoms with Gasteiger partial charge in [-0.1, -0.05) is 42.5 Å². The van der Waals surface area contributed by atoms with Crippen LogP contribution in [0.1, 0.15) is 29.6 Å². The van der Waals surface area contributed by atoms with Crippen molar-refractivity contribution in [2.45, 2.75) is 37.9 Å². The fraction of sp³-hybridized carbons (Fsp3) is 0.308. The quantitative estimate of drug-likeness (QED) is 0.0181. The first kappa shape index (κ1) is 56.6. The molecule has 0 aliphatic carbocycles. The van der Waals surface area contributed by atoms with Gasteiger partial charge in [0.2, 0.25) is 0 Å². The van der Waals surface area contributed by atoms with E-state index in [0.717, 1.165) is 16.3 Å². The third-order valence-corrected chi connectivity index (χ3v) is 13.7. The normalized spacial score (nSPS) is 17.6. The van der Waals surface area contributed by atoms with Crippen molar-refractivity contribution in [1.29, 1.82) is 0 Å². The number of aliphatic carboxylic acids is 3. The minimum Gasteiger partial charge on any atom is -0.480 e. The van der Waals surface area contributed by atoms with Crippen LogP contribution in [-0.4, -0.2) is 159 Å². The predicted molar refractivity (Wildman–Crippen MR) is 246 cm³/mol. The summed E-state index contributed by atoms with van der Waals surface area (Å²) in [6.07, 6.45) is 2.04. The van der Waals surface area contributed by atoms with Gasteiger partial charge in [-0.3, -0.25) is 43.1 Å². The number of carbonyl (C=O) groups is 4. The summed E-state index contributed by atoms with van der Waals surface area (Å²) < 4.78 is 55.5. The molecule has 1 aliphatic heterocycles. The number of ether oxygens (including phenoxy) is 1. The first-order valence-corrected chi connectivity index (χ1v) is 25.7. The molecule has 32 nitrogen and oxygen atoms in total. The van der Waals surface area contributed by atoms with Gasteiger partial charge in [-0.05, 0) is 35.4 Å². The number of phosphoric ester groups is 1. The number of hydroxylamine groups is 1. The number of aromatic nitrogens is 7. The van der Waals surface area contributed by atoms with Crippen LogP contribution < -0.4 is 16.7 Å². The molecule has 10 N–H and O–H groups in total. The highest BCUT2D eigenvalue weighted by Gasteiger charge is 2.43. The van der Waals surface area contributed by atoms with Gasteiger partial charge in [-0.2, -0.15) is 18.8 Å². The van der Waals surface area contributed by atoms with E-state index in [-0.39, 0.29) is 31.6 Å². The zero-order valence-electron chi connectivity index (χ0n) is 37.9. The van der Waals surface area contributed by atoms with Crippen LogP contribution in [0.5, 0.6) is 0 Å².